The van der Waals surface area contributed by atoms with Gasteiger partial charge in [-0.05, 0) is 12.8 Å². The van der Waals surface area contributed by atoms with Crippen molar-refractivity contribution in [1.82, 2.24) is 0 Å². The largest absolute Gasteiger partial charge is 0.396 e. The molecule has 0 bridgehead atoms. The zero-order chi connectivity index (χ0) is 8.74. The second-order valence-corrected chi connectivity index (χ2v) is 3.36. The van der Waals surface area contributed by atoms with Gasteiger partial charge < -0.3 is 10.8 Å². The van der Waals surface area contributed by atoms with Crippen molar-refractivity contribution in [2.75, 3.05) is 13.2 Å². The Morgan fingerprint density at radius 2 is 1.64 bits per heavy atom. The van der Waals surface area contributed by atoms with Gasteiger partial charge in [-0.25, -0.2) is 0 Å². The van der Waals surface area contributed by atoms with Gasteiger partial charge in [-0.2, -0.15) is 0 Å². The molecule has 0 aliphatic heterocycles. The molecule has 0 rings (SSSR count). The molecule has 68 valence electrons. The Bertz CT molecular complexity index is 81.6. The lowest BCUT2D eigenvalue weighted by Crippen LogP contribution is -2.34. The normalized spacial score (nSPS) is 12.0. The van der Waals surface area contributed by atoms with E-state index in [1.165, 1.54) is 0 Å². The molecular weight excluding hydrogens is 138 g/mol. The molecule has 2 heteroatoms. The fraction of sp³-hybridized carbons (Fsp3) is 1.00. The van der Waals surface area contributed by atoms with E-state index in [9.17, 15) is 0 Å². The highest BCUT2D eigenvalue weighted by molar-refractivity contribution is 4.78. The lowest BCUT2D eigenvalue weighted by Gasteiger charge is -2.29. The van der Waals surface area contributed by atoms with Gasteiger partial charge in [0.25, 0.3) is 0 Å². The Labute approximate surface area is 69.8 Å². The van der Waals surface area contributed by atoms with Crippen molar-refractivity contribution in [3.8, 4) is 0 Å². The van der Waals surface area contributed by atoms with Crippen LogP contribution in [0.1, 0.15) is 39.5 Å². The van der Waals surface area contributed by atoms with Crippen LogP contribution in [-0.4, -0.2) is 18.3 Å². The second-order valence-electron chi connectivity index (χ2n) is 3.36. The maximum absolute atomic E-state index is 9.16. The first kappa shape index (κ1) is 10.9. The molecule has 0 aromatic carbocycles. The minimum absolute atomic E-state index is 0.0174. The van der Waals surface area contributed by atoms with E-state index in [0.29, 0.717) is 6.54 Å². The van der Waals surface area contributed by atoms with Crippen LogP contribution in [0.4, 0.5) is 0 Å². The lowest BCUT2D eigenvalue weighted by molar-refractivity contribution is 0.111. The lowest BCUT2D eigenvalue weighted by atomic mass is 9.80. The highest BCUT2D eigenvalue weighted by atomic mass is 16.3. The molecule has 0 aromatic heterocycles. The molecule has 2 nitrogen and oxygen atoms in total. The molecule has 0 spiro atoms. The van der Waals surface area contributed by atoms with Gasteiger partial charge >= 0.3 is 0 Å². The molecule has 0 saturated carbocycles. The Kier molecular flexibility index (Phi) is 5.51. The quantitative estimate of drug-likeness (QED) is 0.617. The van der Waals surface area contributed by atoms with Gasteiger partial charge in [-0.15, -0.1) is 0 Å². The molecule has 0 amide bonds. The second kappa shape index (κ2) is 5.56. The fourth-order valence-electron chi connectivity index (χ4n) is 1.61. The zero-order valence-corrected chi connectivity index (χ0v) is 7.77. The number of rotatable bonds is 6. The molecule has 0 aromatic rings. The van der Waals surface area contributed by atoms with Gasteiger partial charge in [0.15, 0.2) is 0 Å². The van der Waals surface area contributed by atoms with Gasteiger partial charge in [0.05, 0.1) is 0 Å². The average molecular weight is 159 g/mol. The molecule has 0 saturated heterocycles. The zero-order valence-electron chi connectivity index (χ0n) is 7.77. The van der Waals surface area contributed by atoms with Crippen LogP contribution in [0.25, 0.3) is 0 Å². The topological polar surface area (TPSA) is 46.2 Å². The van der Waals surface area contributed by atoms with E-state index < -0.39 is 0 Å². The average Bonchev–Trinajstić information content (AvgIpc) is 2.04. The summed E-state index contributed by atoms with van der Waals surface area (Å²) in [5.41, 5.74) is 5.65. The fourth-order valence-corrected chi connectivity index (χ4v) is 1.61. The van der Waals surface area contributed by atoms with Crippen LogP contribution in [-0.2, 0) is 0 Å². The van der Waals surface area contributed by atoms with Crippen molar-refractivity contribution in [3.05, 3.63) is 0 Å². The molecule has 11 heavy (non-hydrogen) atoms. The summed E-state index contributed by atoms with van der Waals surface area (Å²) in [6.45, 7) is 5.13. The molecule has 0 aliphatic rings. The standard InChI is InChI=1S/C9H21NO/c1-3-5-9(7-10,8-11)6-4-2/h11H,3-8,10H2,1-2H3. The summed E-state index contributed by atoms with van der Waals surface area (Å²) in [4.78, 5) is 0. The molecule has 0 heterocycles. The number of hydrogen-bond donors (Lipinski definition) is 2. The van der Waals surface area contributed by atoms with E-state index in [0.717, 1.165) is 25.7 Å². The Morgan fingerprint density at radius 3 is 1.82 bits per heavy atom. The summed E-state index contributed by atoms with van der Waals surface area (Å²) in [5, 5.41) is 9.16. The van der Waals surface area contributed by atoms with Gasteiger partial charge in [0, 0.05) is 18.6 Å². The molecule has 3 N–H and O–H groups in total. The smallest absolute Gasteiger partial charge is 0.0499 e. The number of nitrogens with two attached hydrogens (primary N) is 1. The van der Waals surface area contributed by atoms with Crippen LogP contribution in [0.15, 0.2) is 0 Å². The predicted molar refractivity (Wildman–Crippen MR) is 48.4 cm³/mol. The van der Waals surface area contributed by atoms with E-state index in [-0.39, 0.29) is 12.0 Å². The van der Waals surface area contributed by atoms with E-state index in [1.54, 1.807) is 0 Å². The van der Waals surface area contributed by atoms with Crippen LogP contribution >= 0.6 is 0 Å². The summed E-state index contributed by atoms with van der Waals surface area (Å²) in [5.74, 6) is 0. The first-order chi connectivity index (χ1) is 5.24. The molecule has 0 aliphatic carbocycles. The predicted octanol–water partition coefficient (Wildman–Crippen LogP) is 1.52. The third-order valence-corrected chi connectivity index (χ3v) is 2.33. The Hall–Kier alpha value is -0.0800. The van der Waals surface area contributed by atoms with Gasteiger partial charge in [0.2, 0.25) is 0 Å². The summed E-state index contributed by atoms with van der Waals surface area (Å²) < 4.78 is 0. The summed E-state index contributed by atoms with van der Waals surface area (Å²) in [7, 11) is 0. The van der Waals surface area contributed by atoms with E-state index in [4.69, 9.17) is 10.8 Å². The molecule has 0 unspecified atom stereocenters. The van der Waals surface area contributed by atoms with Gasteiger partial charge in [0.1, 0.15) is 0 Å². The summed E-state index contributed by atoms with van der Waals surface area (Å²) in [6.07, 6.45) is 4.32. The van der Waals surface area contributed by atoms with E-state index in [2.05, 4.69) is 13.8 Å². The van der Waals surface area contributed by atoms with Crippen molar-refractivity contribution in [3.63, 3.8) is 0 Å². The number of hydrogen-bond acceptors (Lipinski definition) is 2. The van der Waals surface area contributed by atoms with Crippen molar-refractivity contribution in [2.24, 2.45) is 11.1 Å². The van der Waals surface area contributed by atoms with Crippen LogP contribution in [0.2, 0.25) is 0 Å². The SMILES string of the molecule is CCCC(CN)(CO)CCC. The monoisotopic (exact) mass is 159 g/mol. The summed E-state index contributed by atoms with van der Waals surface area (Å²) in [6, 6.07) is 0. The maximum Gasteiger partial charge on any atom is 0.0499 e. The van der Waals surface area contributed by atoms with E-state index in [1.807, 2.05) is 0 Å². The third-order valence-electron chi connectivity index (χ3n) is 2.33. The minimum atomic E-state index is 0.0174. The van der Waals surface area contributed by atoms with Gasteiger partial charge in [-0.3, -0.25) is 0 Å². The molecule has 0 atom stereocenters. The van der Waals surface area contributed by atoms with Gasteiger partial charge in [-0.1, -0.05) is 26.7 Å². The first-order valence-electron chi connectivity index (χ1n) is 4.55. The van der Waals surface area contributed by atoms with Crippen molar-refractivity contribution < 1.29 is 5.11 Å². The van der Waals surface area contributed by atoms with Crippen molar-refractivity contribution in [1.29, 1.82) is 0 Å². The molecule has 0 radical (unpaired) electrons. The van der Waals surface area contributed by atoms with E-state index >= 15 is 0 Å². The van der Waals surface area contributed by atoms with Crippen molar-refractivity contribution >= 4 is 0 Å². The molecule has 0 fully saturated rings. The Balaban J connectivity index is 3.96. The maximum atomic E-state index is 9.16. The highest BCUT2D eigenvalue weighted by Gasteiger charge is 2.25. The molecular formula is C9H21NO. The third kappa shape index (κ3) is 3.21. The highest BCUT2D eigenvalue weighted by Crippen LogP contribution is 2.27. The van der Waals surface area contributed by atoms with Crippen molar-refractivity contribution in [2.45, 2.75) is 39.5 Å². The van der Waals surface area contributed by atoms with Crippen LogP contribution in [0, 0.1) is 5.41 Å². The minimum Gasteiger partial charge on any atom is -0.396 e. The summed E-state index contributed by atoms with van der Waals surface area (Å²) >= 11 is 0. The first-order valence-corrected chi connectivity index (χ1v) is 4.55. The number of aliphatic hydroxyl groups is 1. The van der Waals surface area contributed by atoms with Crippen LogP contribution in [0.5, 0.6) is 0 Å². The Morgan fingerprint density at radius 1 is 1.18 bits per heavy atom. The van der Waals surface area contributed by atoms with Crippen LogP contribution in [0.3, 0.4) is 0 Å². The number of aliphatic hydroxyl groups excluding tert-OH is 1. The van der Waals surface area contributed by atoms with Crippen LogP contribution < -0.4 is 5.73 Å².